The molecule has 1 rings (SSSR count). The molecule has 0 radical (unpaired) electrons. The third-order valence-electron chi connectivity index (χ3n) is 1.54. The highest BCUT2D eigenvalue weighted by molar-refractivity contribution is 7.90. The van der Waals surface area contributed by atoms with Crippen molar-refractivity contribution >= 4 is 9.84 Å². The van der Waals surface area contributed by atoms with E-state index in [-0.39, 0.29) is 18.9 Å². The summed E-state index contributed by atoms with van der Waals surface area (Å²) >= 11 is 0. The zero-order valence-electron chi connectivity index (χ0n) is 7.21. The Morgan fingerprint density at radius 3 is 2.85 bits per heavy atom. The van der Waals surface area contributed by atoms with Crippen molar-refractivity contribution in [1.29, 1.82) is 0 Å². The summed E-state index contributed by atoms with van der Waals surface area (Å²) in [6.07, 6.45) is 2.56. The maximum Gasteiger partial charge on any atom is 0.158 e. The molecule has 0 bridgehead atoms. The first kappa shape index (κ1) is 10.1. The summed E-state index contributed by atoms with van der Waals surface area (Å²) in [7, 11) is -2.98. The van der Waals surface area contributed by atoms with E-state index < -0.39 is 9.84 Å². The van der Waals surface area contributed by atoms with Crippen LogP contribution in [0.5, 0.6) is 0 Å². The van der Waals surface area contributed by atoms with Crippen molar-refractivity contribution in [2.75, 3.05) is 12.0 Å². The van der Waals surface area contributed by atoms with Gasteiger partial charge < -0.3 is 9.67 Å². The number of rotatable bonds is 4. The van der Waals surface area contributed by atoms with E-state index in [9.17, 15) is 8.42 Å². The Balaban J connectivity index is 2.64. The largest absolute Gasteiger partial charge is 0.388 e. The third kappa shape index (κ3) is 3.11. The number of aryl methyl sites for hydroxylation is 1. The second kappa shape index (κ2) is 3.84. The smallest absolute Gasteiger partial charge is 0.158 e. The quantitative estimate of drug-likeness (QED) is 0.668. The van der Waals surface area contributed by atoms with E-state index in [1.54, 1.807) is 0 Å². The number of aliphatic hydroxyl groups is 1. The van der Waals surface area contributed by atoms with Gasteiger partial charge in [0, 0.05) is 12.8 Å². The van der Waals surface area contributed by atoms with Crippen LogP contribution in [0.1, 0.15) is 5.82 Å². The first-order valence-electron chi connectivity index (χ1n) is 3.68. The van der Waals surface area contributed by atoms with Gasteiger partial charge in [-0.2, -0.15) is 0 Å². The normalized spacial score (nSPS) is 11.8. The molecular formula is C6H11N3O3S. The molecule has 0 atom stereocenters. The highest BCUT2D eigenvalue weighted by Gasteiger charge is 2.06. The molecule has 0 fully saturated rings. The topological polar surface area (TPSA) is 85.1 Å². The number of aromatic nitrogens is 3. The van der Waals surface area contributed by atoms with Gasteiger partial charge in [0.2, 0.25) is 0 Å². The monoisotopic (exact) mass is 205 g/mol. The summed E-state index contributed by atoms with van der Waals surface area (Å²) in [6.45, 7) is 0.0471. The summed E-state index contributed by atoms with van der Waals surface area (Å²) in [5, 5.41) is 15.9. The van der Waals surface area contributed by atoms with Crippen molar-refractivity contribution in [3.8, 4) is 0 Å². The Labute approximate surface area is 76.1 Å². The van der Waals surface area contributed by atoms with Gasteiger partial charge in [-0.25, -0.2) is 8.42 Å². The molecule has 1 aromatic rings. The van der Waals surface area contributed by atoms with Crippen molar-refractivity contribution in [2.24, 2.45) is 0 Å². The number of hydrogen-bond donors (Lipinski definition) is 1. The second-order valence-electron chi connectivity index (χ2n) is 2.73. The van der Waals surface area contributed by atoms with Gasteiger partial charge in [0.1, 0.15) is 22.8 Å². The van der Waals surface area contributed by atoms with E-state index >= 15 is 0 Å². The zero-order valence-corrected chi connectivity index (χ0v) is 8.03. The van der Waals surface area contributed by atoms with Crippen molar-refractivity contribution in [1.82, 2.24) is 14.8 Å². The van der Waals surface area contributed by atoms with Gasteiger partial charge in [-0.3, -0.25) is 0 Å². The molecule has 1 N–H and O–H groups in total. The van der Waals surface area contributed by atoms with Crippen LogP contribution in [-0.2, 0) is 23.0 Å². The van der Waals surface area contributed by atoms with Crippen molar-refractivity contribution < 1.29 is 13.5 Å². The molecule has 0 aliphatic carbocycles. The Morgan fingerprint density at radius 1 is 1.62 bits per heavy atom. The molecule has 0 saturated heterocycles. The first-order chi connectivity index (χ1) is 6.03. The average Bonchev–Trinajstić information content (AvgIpc) is 2.46. The molecule has 13 heavy (non-hydrogen) atoms. The van der Waals surface area contributed by atoms with E-state index in [0.717, 1.165) is 6.26 Å². The fourth-order valence-corrected chi connectivity index (χ4v) is 1.38. The third-order valence-corrected chi connectivity index (χ3v) is 2.46. The van der Waals surface area contributed by atoms with E-state index in [4.69, 9.17) is 5.11 Å². The molecule has 0 aliphatic rings. The standard InChI is InChI=1S/C6H11N3O3S/c1-13(11,12)3-2-9-5-7-8-6(9)4-10/h5,10H,2-4H2,1H3. The van der Waals surface area contributed by atoms with Crippen LogP contribution in [0.25, 0.3) is 0 Å². The average molecular weight is 205 g/mol. The maximum atomic E-state index is 10.8. The summed E-state index contributed by atoms with van der Waals surface area (Å²) < 4.78 is 23.1. The lowest BCUT2D eigenvalue weighted by molar-refractivity contribution is 0.265. The number of nitrogens with zero attached hydrogens (tertiary/aromatic N) is 3. The predicted octanol–water partition coefficient (Wildman–Crippen LogP) is -1.19. The van der Waals surface area contributed by atoms with E-state index in [2.05, 4.69) is 10.2 Å². The molecule has 0 amide bonds. The van der Waals surface area contributed by atoms with Gasteiger partial charge in [0.15, 0.2) is 5.82 Å². The minimum absolute atomic E-state index is 0.0258. The minimum atomic E-state index is -2.98. The van der Waals surface area contributed by atoms with Crippen LogP contribution in [0.2, 0.25) is 0 Å². The van der Waals surface area contributed by atoms with Gasteiger partial charge in [-0.05, 0) is 0 Å². The van der Waals surface area contributed by atoms with E-state index in [0.29, 0.717) is 5.82 Å². The molecule has 0 aromatic carbocycles. The molecule has 0 unspecified atom stereocenters. The van der Waals surface area contributed by atoms with Crippen LogP contribution in [0.4, 0.5) is 0 Å². The van der Waals surface area contributed by atoms with Crippen molar-refractivity contribution in [3.05, 3.63) is 12.2 Å². The van der Waals surface area contributed by atoms with Crippen LogP contribution in [0.15, 0.2) is 6.33 Å². The van der Waals surface area contributed by atoms with E-state index in [1.807, 2.05) is 0 Å². The molecule has 0 spiro atoms. The molecular weight excluding hydrogens is 194 g/mol. The van der Waals surface area contributed by atoms with Crippen LogP contribution < -0.4 is 0 Å². The molecule has 74 valence electrons. The van der Waals surface area contributed by atoms with Gasteiger partial charge in [-0.15, -0.1) is 10.2 Å². The maximum absolute atomic E-state index is 10.8. The van der Waals surface area contributed by atoms with Gasteiger partial charge in [0.05, 0.1) is 5.75 Å². The number of sulfone groups is 1. The molecule has 0 aliphatic heterocycles. The van der Waals surface area contributed by atoms with Crippen LogP contribution in [0, 0.1) is 0 Å². The summed E-state index contributed by atoms with van der Waals surface area (Å²) in [5.74, 6) is 0.404. The molecule has 1 aromatic heterocycles. The minimum Gasteiger partial charge on any atom is -0.388 e. The van der Waals surface area contributed by atoms with Crippen LogP contribution >= 0.6 is 0 Å². The lowest BCUT2D eigenvalue weighted by Crippen LogP contribution is -2.12. The van der Waals surface area contributed by atoms with Crippen LogP contribution in [0.3, 0.4) is 0 Å². The first-order valence-corrected chi connectivity index (χ1v) is 5.74. The lowest BCUT2D eigenvalue weighted by Gasteiger charge is -2.02. The molecule has 6 nitrogen and oxygen atoms in total. The predicted molar refractivity (Wildman–Crippen MR) is 45.7 cm³/mol. The number of hydrogen-bond acceptors (Lipinski definition) is 5. The Bertz CT molecular complexity index is 370. The SMILES string of the molecule is CS(=O)(=O)CCn1cnnc1CO. The van der Waals surface area contributed by atoms with Gasteiger partial charge >= 0.3 is 0 Å². The summed E-state index contributed by atoms with van der Waals surface area (Å²) in [6, 6.07) is 0. The van der Waals surface area contributed by atoms with Crippen LogP contribution in [-0.4, -0.2) is 40.3 Å². The lowest BCUT2D eigenvalue weighted by atomic mass is 10.6. The second-order valence-corrected chi connectivity index (χ2v) is 4.99. The van der Waals surface area contributed by atoms with Gasteiger partial charge in [0.25, 0.3) is 0 Å². The molecule has 1 heterocycles. The van der Waals surface area contributed by atoms with Gasteiger partial charge in [-0.1, -0.05) is 0 Å². The summed E-state index contributed by atoms with van der Waals surface area (Å²) in [4.78, 5) is 0. The zero-order chi connectivity index (χ0) is 9.90. The molecule has 7 heteroatoms. The Kier molecular flexibility index (Phi) is 2.99. The fraction of sp³-hybridized carbons (Fsp3) is 0.667. The summed E-state index contributed by atoms with van der Waals surface area (Å²) in [5.41, 5.74) is 0. The van der Waals surface area contributed by atoms with Crippen molar-refractivity contribution in [2.45, 2.75) is 13.2 Å². The molecule has 0 saturated carbocycles. The number of aliphatic hydroxyl groups excluding tert-OH is 1. The fourth-order valence-electron chi connectivity index (χ4n) is 0.852. The van der Waals surface area contributed by atoms with Crippen molar-refractivity contribution in [3.63, 3.8) is 0 Å². The Hall–Kier alpha value is -0.950. The highest BCUT2D eigenvalue weighted by atomic mass is 32.2. The highest BCUT2D eigenvalue weighted by Crippen LogP contribution is 1.96. The van der Waals surface area contributed by atoms with E-state index in [1.165, 1.54) is 10.9 Å². The Morgan fingerprint density at radius 2 is 2.31 bits per heavy atom.